The van der Waals surface area contributed by atoms with Gasteiger partial charge in [-0.25, -0.2) is 12.7 Å². The van der Waals surface area contributed by atoms with Crippen LogP contribution in [-0.2, 0) is 14.8 Å². The van der Waals surface area contributed by atoms with Crippen LogP contribution in [0, 0.1) is 0 Å². The van der Waals surface area contributed by atoms with Gasteiger partial charge in [0.1, 0.15) is 0 Å². The van der Waals surface area contributed by atoms with Gasteiger partial charge in [-0.1, -0.05) is 0 Å². The number of sulfonamides is 1. The average Bonchev–Trinajstić information content (AvgIpc) is 2.15. The molecular weight excluding hydrogens is 206 g/mol. The molecule has 0 amide bonds. The Morgan fingerprint density at radius 3 is 2.50 bits per heavy atom. The fraction of sp³-hybridized carbons (Fsp3) is 1.00. The van der Waals surface area contributed by atoms with E-state index in [2.05, 4.69) is 0 Å². The molecule has 0 saturated carbocycles. The zero-order valence-corrected chi connectivity index (χ0v) is 9.59. The van der Waals surface area contributed by atoms with Crippen molar-refractivity contribution in [3.8, 4) is 0 Å². The molecule has 0 aromatic heterocycles. The highest BCUT2D eigenvalue weighted by Crippen LogP contribution is 2.01. The Balaban J connectivity index is 3.89. The van der Waals surface area contributed by atoms with Crippen molar-refractivity contribution in [2.45, 2.75) is 12.8 Å². The van der Waals surface area contributed by atoms with Gasteiger partial charge in [-0.15, -0.1) is 0 Å². The molecule has 0 aromatic carbocycles. The van der Waals surface area contributed by atoms with E-state index in [0.29, 0.717) is 19.6 Å². The molecule has 0 aliphatic heterocycles. The lowest BCUT2D eigenvalue weighted by atomic mass is 10.5. The van der Waals surface area contributed by atoms with Crippen LogP contribution in [0.25, 0.3) is 0 Å². The van der Waals surface area contributed by atoms with Crippen LogP contribution >= 0.6 is 0 Å². The van der Waals surface area contributed by atoms with E-state index in [1.165, 1.54) is 4.31 Å². The first-order chi connectivity index (χ1) is 6.54. The zero-order chi connectivity index (χ0) is 11.0. The second-order valence-electron chi connectivity index (χ2n) is 3.06. The van der Waals surface area contributed by atoms with Crippen LogP contribution < -0.4 is 0 Å². The van der Waals surface area contributed by atoms with E-state index in [0.717, 1.165) is 0 Å². The third-order valence-electron chi connectivity index (χ3n) is 1.86. The molecule has 6 heteroatoms. The molecule has 86 valence electrons. The van der Waals surface area contributed by atoms with Crippen molar-refractivity contribution in [3.63, 3.8) is 0 Å². The van der Waals surface area contributed by atoms with E-state index in [1.54, 1.807) is 14.2 Å². The molecule has 0 spiro atoms. The summed E-state index contributed by atoms with van der Waals surface area (Å²) in [5.74, 6) is 0.00693. The molecule has 0 aromatic rings. The molecule has 0 aliphatic carbocycles. The number of rotatable bonds is 8. The highest BCUT2D eigenvalue weighted by atomic mass is 32.2. The van der Waals surface area contributed by atoms with Gasteiger partial charge in [0.25, 0.3) is 0 Å². The Kier molecular flexibility index (Phi) is 7.08. The van der Waals surface area contributed by atoms with Crippen molar-refractivity contribution in [1.82, 2.24) is 4.31 Å². The third-order valence-corrected chi connectivity index (χ3v) is 3.79. The van der Waals surface area contributed by atoms with Gasteiger partial charge in [0.15, 0.2) is 0 Å². The Bertz CT molecular complexity index is 227. The molecule has 0 unspecified atom stereocenters. The number of ether oxygens (including phenoxy) is 1. The van der Waals surface area contributed by atoms with E-state index in [4.69, 9.17) is 9.84 Å². The lowest BCUT2D eigenvalue weighted by molar-refractivity contribution is 0.189. The number of aliphatic hydroxyl groups excluding tert-OH is 1. The summed E-state index contributed by atoms with van der Waals surface area (Å²) in [5, 5.41) is 8.52. The molecule has 1 N–H and O–H groups in total. The second kappa shape index (κ2) is 7.17. The van der Waals surface area contributed by atoms with E-state index >= 15 is 0 Å². The summed E-state index contributed by atoms with van der Waals surface area (Å²) in [6.07, 6.45) is 0.975. The quantitative estimate of drug-likeness (QED) is 0.574. The van der Waals surface area contributed by atoms with Gasteiger partial charge in [-0.05, 0) is 12.8 Å². The molecular formula is C8H19NO4S. The average molecular weight is 225 g/mol. The van der Waals surface area contributed by atoms with E-state index in [1.807, 2.05) is 0 Å². The molecule has 14 heavy (non-hydrogen) atoms. The van der Waals surface area contributed by atoms with Gasteiger partial charge < -0.3 is 9.84 Å². The van der Waals surface area contributed by atoms with Crippen LogP contribution in [0.3, 0.4) is 0 Å². The monoisotopic (exact) mass is 225 g/mol. The standard InChI is InChI=1S/C8H19NO4S/c1-9(5-3-7-13-2)14(11,12)8-4-6-10/h10H,3-8H2,1-2H3. The Labute approximate surface area is 85.7 Å². The van der Waals surface area contributed by atoms with Crippen molar-refractivity contribution in [2.75, 3.05) is 39.7 Å². The molecule has 0 aliphatic rings. The Morgan fingerprint density at radius 1 is 1.36 bits per heavy atom. The van der Waals surface area contributed by atoms with Gasteiger partial charge in [0, 0.05) is 33.9 Å². The maximum absolute atomic E-state index is 11.5. The summed E-state index contributed by atoms with van der Waals surface area (Å²) >= 11 is 0. The van der Waals surface area contributed by atoms with Crippen LogP contribution in [0.4, 0.5) is 0 Å². The van der Waals surface area contributed by atoms with Crippen molar-refractivity contribution in [1.29, 1.82) is 0 Å². The summed E-state index contributed by atoms with van der Waals surface area (Å²) < 4.78 is 29.0. The molecule has 0 heterocycles. The zero-order valence-electron chi connectivity index (χ0n) is 8.77. The molecule has 0 fully saturated rings. The minimum atomic E-state index is -3.19. The van der Waals surface area contributed by atoms with Gasteiger partial charge in [0.05, 0.1) is 5.75 Å². The number of aliphatic hydroxyl groups is 1. The molecule has 0 rings (SSSR count). The number of hydrogen-bond donors (Lipinski definition) is 1. The minimum Gasteiger partial charge on any atom is -0.396 e. The SMILES string of the molecule is COCCCN(C)S(=O)(=O)CCCO. The van der Waals surface area contributed by atoms with Crippen molar-refractivity contribution >= 4 is 10.0 Å². The molecule has 0 atom stereocenters. The van der Waals surface area contributed by atoms with E-state index in [9.17, 15) is 8.42 Å². The fourth-order valence-corrected chi connectivity index (χ4v) is 2.19. The minimum absolute atomic E-state index is 0.00693. The van der Waals surface area contributed by atoms with Crippen LogP contribution in [0.1, 0.15) is 12.8 Å². The van der Waals surface area contributed by atoms with Gasteiger partial charge in [-0.3, -0.25) is 0 Å². The summed E-state index contributed by atoms with van der Waals surface area (Å²) in [6.45, 7) is 0.923. The first kappa shape index (κ1) is 13.8. The molecule has 0 saturated heterocycles. The third kappa shape index (κ3) is 5.54. The van der Waals surface area contributed by atoms with Crippen molar-refractivity contribution in [2.24, 2.45) is 0 Å². The summed E-state index contributed by atoms with van der Waals surface area (Å²) in [6, 6.07) is 0. The van der Waals surface area contributed by atoms with Crippen LogP contribution in [-0.4, -0.2) is 57.5 Å². The summed E-state index contributed by atoms with van der Waals surface area (Å²) in [5.41, 5.74) is 0. The summed E-state index contributed by atoms with van der Waals surface area (Å²) in [7, 11) is -0.0575. The first-order valence-electron chi connectivity index (χ1n) is 4.58. The number of methoxy groups -OCH3 is 1. The van der Waals surface area contributed by atoms with E-state index < -0.39 is 10.0 Å². The van der Waals surface area contributed by atoms with Crippen LogP contribution in [0.15, 0.2) is 0 Å². The highest BCUT2D eigenvalue weighted by molar-refractivity contribution is 7.89. The summed E-state index contributed by atoms with van der Waals surface area (Å²) in [4.78, 5) is 0. The predicted octanol–water partition coefficient (Wildman–Crippen LogP) is -0.333. The topological polar surface area (TPSA) is 66.8 Å². The maximum atomic E-state index is 11.5. The molecule has 5 nitrogen and oxygen atoms in total. The van der Waals surface area contributed by atoms with Crippen molar-refractivity contribution in [3.05, 3.63) is 0 Å². The first-order valence-corrected chi connectivity index (χ1v) is 6.19. The smallest absolute Gasteiger partial charge is 0.213 e. The Morgan fingerprint density at radius 2 is 2.00 bits per heavy atom. The van der Waals surface area contributed by atoms with Gasteiger partial charge in [0.2, 0.25) is 10.0 Å². The van der Waals surface area contributed by atoms with Crippen molar-refractivity contribution < 1.29 is 18.3 Å². The normalized spacial score (nSPS) is 12.3. The second-order valence-corrected chi connectivity index (χ2v) is 5.26. The van der Waals surface area contributed by atoms with Crippen LogP contribution in [0.2, 0.25) is 0 Å². The largest absolute Gasteiger partial charge is 0.396 e. The number of nitrogens with zero attached hydrogens (tertiary/aromatic N) is 1. The molecule has 0 bridgehead atoms. The lowest BCUT2D eigenvalue weighted by Gasteiger charge is -2.16. The fourth-order valence-electron chi connectivity index (χ4n) is 0.973. The van der Waals surface area contributed by atoms with Crippen LogP contribution in [0.5, 0.6) is 0 Å². The van der Waals surface area contributed by atoms with E-state index in [-0.39, 0.29) is 18.8 Å². The predicted molar refractivity (Wildman–Crippen MR) is 54.6 cm³/mol. The molecule has 0 radical (unpaired) electrons. The van der Waals surface area contributed by atoms with Gasteiger partial charge in [-0.2, -0.15) is 0 Å². The van der Waals surface area contributed by atoms with Gasteiger partial charge >= 0.3 is 0 Å². The maximum Gasteiger partial charge on any atom is 0.213 e. The lowest BCUT2D eigenvalue weighted by Crippen LogP contribution is -2.31. The Hall–Kier alpha value is -0.170. The highest BCUT2D eigenvalue weighted by Gasteiger charge is 2.16. The number of hydrogen-bond acceptors (Lipinski definition) is 4.